The summed E-state index contributed by atoms with van der Waals surface area (Å²) in [5.74, 6) is 1.69. The van der Waals surface area contributed by atoms with E-state index in [9.17, 15) is 4.79 Å². The molecule has 0 radical (unpaired) electrons. The van der Waals surface area contributed by atoms with Crippen LogP contribution in [0.15, 0.2) is 0 Å². The number of carbonyl (C=O) groups excluding carboxylic acids is 1. The lowest BCUT2D eigenvalue weighted by atomic mass is 10.0. The smallest absolute Gasteiger partial charge is 0.152 e. The van der Waals surface area contributed by atoms with Crippen molar-refractivity contribution in [2.24, 2.45) is 5.92 Å². The van der Waals surface area contributed by atoms with Crippen molar-refractivity contribution in [3.63, 3.8) is 0 Å². The quantitative estimate of drug-likeness (QED) is 0.771. The van der Waals surface area contributed by atoms with Gasteiger partial charge in [-0.15, -0.1) is 0 Å². The van der Waals surface area contributed by atoms with Crippen LogP contribution in [0.2, 0.25) is 0 Å². The lowest BCUT2D eigenvalue weighted by Gasteiger charge is -2.22. The van der Waals surface area contributed by atoms with Crippen LogP contribution in [0.1, 0.15) is 26.7 Å². The zero-order chi connectivity index (χ0) is 12.3. The number of hydrogen-bond donors (Lipinski definition) is 0. The fourth-order valence-corrected chi connectivity index (χ4v) is 3.50. The molecule has 98 valence electrons. The summed E-state index contributed by atoms with van der Waals surface area (Å²) in [6, 6.07) is 0. The monoisotopic (exact) mass is 257 g/mol. The lowest BCUT2D eigenvalue weighted by Crippen LogP contribution is -2.35. The van der Waals surface area contributed by atoms with Crippen LogP contribution in [0, 0.1) is 5.92 Å². The molecule has 0 spiro atoms. The molecule has 0 aromatic heterocycles. The van der Waals surface area contributed by atoms with E-state index in [-0.39, 0.29) is 5.92 Å². The zero-order valence-electron chi connectivity index (χ0n) is 10.9. The highest BCUT2D eigenvalue weighted by Crippen LogP contribution is 2.30. The Balaban J connectivity index is 1.80. The molecule has 4 heteroatoms. The third kappa shape index (κ3) is 3.97. The molecule has 0 saturated carbocycles. The van der Waals surface area contributed by atoms with Crippen molar-refractivity contribution in [2.75, 3.05) is 38.6 Å². The average Bonchev–Trinajstić information content (AvgIpc) is 2.73. The summed E-state index contributed by atoms with van der Waals surface area (Å²) >= 11 is 2.03. The molecular formula is C13H23NO2S. The predicted octanol–water partition coefficient (Wildman–Crippen LogP) is 1.81. The molecule has 2 aliphatic rings. The van der Waals surface area contributed by atoms with Gasteiger partial charge in [-0.3, -0.25) is 9.69 Å². The molecule has 2 saturated heterocycles. The number of ketones is 1. The normalized spacial score (nSPS) is 30.1. The molecule has 1 unspecified atom stereocenters. The van der Waals surface area contributed by atoms with E-state index >= 15 is 0 Å². The van der Waals surface area contributed by atoms with E-state index in [1.807, 2.05) is 11.8 Å². The Morgan fingerprint density at radius 1 is 1.47 bits per heavy atom. The van der Waals surface area contributed by atoms with Crippen molar-refractivity contribution in [3.8, 4) is 0 Å². The number of nitrogens with zero attached hydrogens (tertiary/aromatic N) is 1. The maximum absolute atomic E-state index is 12.1. The van der Waals surface area contributed by atoms with Gasteiger partial charge in [0.2, 0.25) is 0 Å². The Kier molecular flexibility index (Phi) is 4.50. The van der Waals surface area contributed by atoms with E-state index < -0.39 is 0 Å². The SMILES string of the molecule is CC1(C)CCN(CC(=O)C2CCOC2)CCS1. The maximum atomic E-state index is 12.1. The molecule has 0 bridgehead atoms. The Labute approximate surface area is 108 Å². The maximum Gasteiger partial charge on any atom is 0.152 e. The van der Waals surface area contributed by atoms with Crippen molar-refractivity contribution in [2.45, 2.75) is 31.4 Å². The first-order chi connectivity index (χ1) is 8.07. The van der Waals surface area contributed by atoms with Gasteiger partial charge in [-0.1, -0.05) is 13.8 Å². The Morgan fingerprint density at radius 3 is 3.00 bits per heavy atom. The lowest BCUT2D eigenvalue weighted by molar-refractivity contribution is -0.124. The van der Waals surface area contributed by atoms with Gasteiger partial charge in [-0.2, -0.15) is 11.8 Å². The highest BCUT2D eigenvalue weighted by molar-refractivity contribution is 8.00. The summed E-state index contributed by atoms with van der Waals surface area (Å²) in [7, 11) is 0. The van der Waals surface area contributed by atoms with E-state index in [1.54, 1.807) is 0 Å². The van der Waals surface area contributed by atoms with E-state index in [0.717, 1.165) is 31.9 Å². The van der Waals surface area contributed by atoms with Crippen LogP contribution in [0.4, 0.5) is 0 Å². The van der Waals surface area contributed by atoms with Crippen molar-refractivity contribution in [1.82, 2.24) is 4.90 Å². The molecular weight excluding hydrogens is 234 g/mol. The molecule has 2 fully saturated rings. The standard InChI is InChI=1S/C13H23NO2S/c1-13(2)4-5-14(6-8-17-13)9-12(15)11-3-7-16-10-11/h11H,3-10H2,1-2H3. The van der Waals surface area contributed by atoms with Gasteiger partial charge < -0.3 is 4.74 Å². The molecule has 0 aliphatic carbocycles. The van der Waals surface area contributed by atoms with Crippen molar-refractivity contribution in [3.05, 3.63) is 0 Å². The first kappa shape index (κ1) is 13.4. The minimum absolute atomic E-state index is 0.166. The molecule has 2 heterocycles. The fourth-order valence-electron chi connectivity index (χ4n) is 2.36. The van der Waals surface area contributed by atoms with Crippen LogP contribution in [0.3, 0.4) is 0 Å². The molecule has 17 heavy (non-hydrogen) atoms. The second-order valence-electron chi connectivity index (χ2n) is 5.66. The number of carbonyl (C=O) groups is 1. The van der Waals surface area contributed by atoms with Gasteiger partial charge in [0, 0.05) is 29.6 Å². The summed E-state index contributed by atoms with van der Waals surface area (Å²) in [6.45, 7) is 8.74. The van der Waals surface area contributed by atoms with Crippen LogP contribution in [0.25, 0.3) is 0 Å². The van der Waals surface area contributed by atoms with Gasteiger partial charge in [-0.25, -0.2) is 0 Å². The number of hydrogen-bond acceptors (Lipinski definition) is 4. The summed E-state index contributed by atoms with van der Waals surface area (Å²) in [6.07, 6.45) is 2.10. The number of ether oxygens (including phenoxy) is 1. The average molecular weight is 257 g/mol. The predicted molar refractivity (Wildman–Crippen MR) is 71.5 cm³/mol. The largest absolute Gasteiger partial charge is 0.381 e. The molecule has 2 aliphatic heterocycles. The topological polar surface area (TPSA) is 29.5 Å². The van der Waals surface area contributed by atoms with Gasteiger partial charge in [-0.05, 0) is 19.4 Å². The van der Waals surface area contributed by atoms with Gasteiger partial charge in [0.15, 0.2) is 5.78 Å². The van der Waals surface area contributed by atoms with E-state index in [0.29, 0.717) is 23.7 Å². The van der Waals surface area contributed by atoms with Crippen LogP contribution in [0.5, 0.6) is 0 Å². The van der Waals surface area contributed by atoms with Crippen molar-refractivity contribution in [1.29, 1.82) is 0 Å². The number of thioether (sulfide) groups is 1. The first-order valence-corrected chi connectivity index (χ1v) is 7.52. The highest BCUT2D eigenvalue weighted by atomic mass is 32.2. The van der Waals surface area contributed by atoms with Gasteiger partial charge in [0.1, 0.15) is 0 Å². The number of rotatable bonds is 3. The van der Waals surface area contributed by atoms with E-state index in [2.05, 4.69) is 18.7 Å². The Bertz CT molecular complexity index is 275. The Hall–Kier alpha value is -0.0600. The fraction of sp³-hybridized carbons (Fsp3) is 0.923. The number of Topliss-reactive ketones (excluding diaryl/α,β-unsaturated/α-hetero) is 1. The zero-order valence-corrected chi connectivity index (χ0v) is 11.7. The van der Waals surface area contributed by atoms with Crippen LogP contribution >= 0.6 is 11.8 Å². The van der Waals surface area contributed by atoms with Gasteiger partial charge in [0.05, 0.1) is 13.2 Å². The second-order valence-corrected chi connectivity index (χ2v) is 7.46. The molecule has 3 nitrogen and oxygen atoms in total. The van der Waals surface area contributed by atoms with E-state index in [4.69, 9.17) is 4.74 Å². The first-order valence-electron chi connectivity index (χ1n) is 6.54. The van der Waals surface area contributed by atoms with Crippen LogP contribution in [-0.2, 0) is 9.53 Å². The summed E-state index contributed by atoms with van der Waals surface area (Å²) in [5.41, 5.74) is 0. The van der Waals surface area contributed by atoms with Crippen LogP contribution in [-0.4, -0.2) is 54.0 Å². The van der Waals surface area contributed by atoms with Gasteiger partial charge in [0.25, 0.3) is 0 Å². The van der Waals surface area contributed by atoms with Gasteiger partial charge >= 0.3 is 0 Å². The molecule has 0 N–H and O–H groups in total. The van der Waals surface area contributed by atoms with E-state index in [1.165, 1.54) is 6.42 Å². The molecule has 0 amide bonds. The third-order valence-corrected chi connectivity index (χ3v) is 5.07. The highest BCUT2D eigenvalue weighted by Gasteiger charge is 2.28. The summed E-state index contributed by atoms with van der Waals surface area (Å²) < 4.78 is 5.65. The minimum Gasteiger partial charge on any atom is -0.381 e. The molecule has 0 aromatic carbocycles. The minimum atomic E-state index is 0.166. The van der Waals surface area contributed by atoms with Crippen LogP contribution < -0.4 is 0 Å². The van der Waals surface area contributed by atoms with Crippen molar-refractivity contribution >= 4 is 17.5 Å². The summed E-state index contributed by atoms with van der Waals surface area (Å²) in [5, 5.41) is 0. The molecule has 1 atom stereocenters. The molecule has 0 aromatic rings. The second kappa shape index (κ2) is 5.72. The third-order valence-electron chi connectivity index (χ3n) is 3.69. The summed E-state index contributed by atoms with van der Waals surface area (Å²) in [4.78, 5) is 14.4. The Morgan fingerprint density at radius 2 is 2.29 bits per heavy atom. The van der Waals surface area contributed by atoms with Crippen molar-refractivity contribution < 1.29 is 9.53 Å². The molecule has 2 rings (SSSR count).